The molecule has 5 aromatic carbocycles. The minimum atomic E-state index is -4.44. The standard InChI is InChI=1S/C44H42ClF3O7/c1-30(49)42-28-54-44(55-42,36-19-22-38(45)35(24-36)23-31-17-20-37(21-18-31)53-29-43(46,47)48)41(52-27-34-15-9-4-10-16-34)39(50-25-32-11-5-2-6-12-32)40(42)51-26-33-13-7-3-8-14-33/h2-22,24,30,39-41,49H,23,25-29H2,1H3/t30?,39-,40+,41+,42+,44-/m0/s1. The van der Waals surface area contributed by atoms with Crippen LogP contribution in [0.1, 0.15) is 40.3 Å². The number of benzene rings is 5. The van der Waals surface area contributed by atoms with Gasteiger partial charge in [0.2, 0.25) is 5.79 Å². The second kappa shape index (κ2) is 16.9. The van der Waals surface area contributed by atoms with Crippen molar-refractivity contribution in [3.63, 3.8) is 0 Å². The molecule has 7 rings (SSSR count). The normalized spacial score (nSPS) is 24.1. The van der Waals surface area contributed by atoms with E-state index >= 15 is 0 Å². The van der Waals surface area contributed by atoms with Crippen LogP contribution in [0.2, 0.25) is 5.02 Å². The Morgan fingerprint density at radius 1 is 0.727 bits per heavy atom. The highest BCUT2D eigenvalue weighted by Crippen LogP contribution is 2.54. The first-order chi connectivity index (χ1) is 26.5. The zero-order valence-electron chi connectivity index (χ0n) is 30.2. The van der Waals surface area contributed by atoms with Crippen molar-refractivity contribution in [3.05, 3.63) is 172 Å². The summed E-state index contributed by atoms with van der Waals surface area (Å²) >= 11 is 6.79. The molecule has 0 aliphatic carbocycles. The second-order valence-electron chi connectivity index (χ2n) is 13.9. The Labute approximate surface area is 323 Å². The van der Waals surface area contributed by atoms with Crippen LogP contribution in [0, 0.1) is 0 Å². The Kier molecular flexibility index (Phi) is 11.9. The number of alkyl halides is 3. The van der Waals surface area contributed by atoms with E-state index < -0.39 is 48.6 Å². The lowest BCUT2D eigenvalue weighted by atomic mass is 9.80. The second-order valence-corrected chi connectivity index (χ2v) is 14.3. The first-order valence-corrected chi connectivity index (χ1v) is 18.5. The third-order valence-electron chi connectivity index (χ3n) is 10.0. The van der Waals surface area contributed by atoms with Gasteiger partial charge < -0.3 is 33.5 Å². The molecule has 0 saturated carbocycles. The highest BCUT2D eigenvalue weighted by atomic mass is 35.5. The smallest absolute Gasteiger partial charge is 0.422 e. The molecule has 0 amide bonds. The van der Waals surface area contributed by atoms with Gasteiger partial charge in [0.15, 0.2) is 6.61 Å². The van der Waals surface area contributed by atoms with E-state index in [1.165, 1.54) is 12.1 Å². The molecule has 0 spiro atoms. The Morgan fingerprint density at radius 2 is 1.27 bits per heavy atom. The van der Waals surface area contributed by atoms with Crippen molar-refractivity contribution in [1.29, 1.82) is 0 Å². The van der Waals surface area contributed by atoms with Gasteiger partial charge in [-0.2, -0.15) is 13.2 Å². The van der Waals surface area contributed by atoms with Gasteiger partial charge in [-0.25, -0.2) is 0 Å². The number of hydrogen-bond donors (Lipinski definition) is 1. The third-order valence-corrected chi connectivity index (χ3v) is 10.4. The Bertz CT molecular complexity index is 1980. The van der Waals surface area contributed by atoms with E-state index in [-0.39, 0.29) is 32.2 Å². The number of hydrogen-bond acceptors (Lipinski definition) is 7. The SMILES string of the molecule is CC(O)[C@@]12CO[C@@](c3ccc(Cl)c(Cc4ccc(OCC(F)(F)F)cc4)c3)(O1)[C@H](OCc1ccccc1)[C@@H](OCc1ccccc1)[C@H]2OCc1ccccc1. The molecule has 2 aliphatic rings. The maximum absolute atomic E-state index is 12.7. The van der Waals surface area contributed by atoms with Crippen LogP contribution in [0.4, 0.5) is 13.2 Å². The molecule has 0 radical (unpaired) electrons. The summed E-state index contributed by atoms with van der Waals surface area (Å²) in [5, 5.41) is 12.1. The van der Waals surface area contributed by atoms with E-state index in [2.05, 4.69) is 0 Å². The van der Waals surface area contributed by atoms with E-state index in [1.807, 2.05) is 103 Å². The maximum atomic E-state index is 12.7. The minimum Gasteiger partial charge on any atom is -0.484 e. The average molecular weight is 775 g/mol. The molecule has 1 N–H and O–H groups in total. The van der Waals surface area contributed by atoms with Gasteiger partial charge in [0.05, 0.1) is 32.5 Å². The molecule has 5 aromatic rings. The molecule has 6 atom stereocenters. The van der Waals surface area contributed by atoms with E-state index in [0.717, 1.165) is 22.3 Å². The monoisotopic (exact) mass is 774 g/mol. The summed E-state index contributed by atoms with van der Waals surface area (Å²) in [6.07, 6.45) is -7.71. The number of fused-ring (bicyclic) bond motifs is 2. The van der Waals surface area contributed by atoms with E-state index in [0.29, 0.717) is 22.6 Å². The topological polar surface area (TPSA) is 75.6 Å². The number of aliphatic hydroxyl groups excluding tert-OH is 1. The largest absolute Gasteiger partial charge is 0.484 e. The molecule has 2 bridgehead atoms. The summed E-state index contributed by atoms with van der Waals surface area (Å²) in [5.41, 5.74) is 3.53. The van der Waals surface area contributed by atoms with Crippen molar-refractivity contribution in [2.24, 2.45) is 0 Å². The number of ether oxygens (including phenoxy) is 6. The Balaban J connectivity index is 1.27. The molecule has 2 heterocycles. The lowest BCUT2D eigenvalue weighted by Crippen LogP contribution is -2.69. The zero-order valence-corrected chi connectivity index (χ0v) is 30.9. The summed E-state index contributed by atoms with van der Waals surface area (Å²) < 4.78 is 77.3. The van der Waals surface area contributed by atoms with E-state index in [4.69, 9.17) is 40.0 Å². The van der Waals surface area contributed by atoms with Crippen LogP contribution < -0.4 is 4.74 Å². The van der Waals surface area contributed by atoms with Crippen molar-refractivity contribution >= 4 is 11.6 Å². The van der Waals surface area contributed by atoms with Gasteiger partial charge in [-0.1, -0.05) is 121 Å². The molecule has 2 saturated heterocycles. The number of halogens is 4. The summed E-state index contributed by atoms with van der Waals surface area (Å²) in [5.74, 6) is -1.47. The zero-order chi connectivity index (χ0) is 38.5. The lowest BCUT2D eigenvalue weighted by Gasteiger charge is -2.52. The van der Waals surface area contributed by atoms with Gasteiger partial charge in [0, 0.05) is 10.6 Å². The predicted molar refractivity (Wildman–Crippen MR) is 200 cm³/mol. The minimum absolute atomic E-state index is 0.0299. The molecule has 55 heavy (non-hydrogen) atoms. The molecule has 11 heteroatoms. The van der Waals surface area contributed by atoms with Crippen molar-refractivity contribution in [3.8, 4) is 5.75 Å². The van der Waals surface area contributed by atoms with Crippen LogP contribution in [-0.2, 0) is 55.7 Å². The summed E-state index contributed by atoms with van der Waals surface area (Å²) in [6.45, 7) is 0.894. The fourth-order valence-electron chi connectivity index (χ4n) is 7.16. The molecule has 288 valence electrons. The fourth-order valence-corrected chi connectivity index (χ4v) is 7.35. The molecule has 1 unspecified atom stereocenters. The van der Waals surface area contributed by atoms with Crippen LogP contribution in [0.25, 0.3) is 0 Å². The molecule has 2 fully saturated rings. The molecule has 0 aromatic heterocycles. The summed E-state index contributed by atoms with van der Waals surface area (Å²) in [6, 6.07) is 41.1. The summed E-state index contributed by atoms with van der Waals surface area (Å²) in [7, 11) is 0. The first-order valence-electron chi connectivity index (χ1n) is 18.1. The first kappa shape index (κ1) is 39.0. The van der Waals surface area contributed by atoms with E-state index in [9.17, 15) is 18.3 Å². The van der Waals surface area contributed by atoms with Gasteiger partial charge in [-0.3, -0.25) is 0 Å². The molecular formula is C44H42ClF3O7. The quantitative estimate of drug-likeness (QED) is 0.114. The Morgan fingerprint density at radius 3 is 1.82 bits per heavy atom. The number of aliphatic hydroxyl groups is 1. The van der Waals surface area contributed by atoms with Crippen LogP contribution in [0.15, 0.2) is 133 Å². The van der Waals surface area contributed by atoms with Gasteiger partial charge >= 0.3 is 6.18 Å². The lowest BCUT2D eigenvalue weighted by molar-refractivity contribution is -0.359. The molecular weight excluding hydrogens is 733 g/mol. The predicted octanol–water partition coefficient (Wildman–Crippen LogP) is 8.96. The van der Waals surface area contributed by atoms with Gasteiger partial charge in [0.25, 0.3) is 0 Å². The third kappa shape index (κ3) is 8.92. The van der Waals surface area contributed by atoms with Crippen LogP contribution >= 0.6 is 11.6 Å². The fraction of sp³-hybridized carbons (Fsp3) is 0.318. The number of rotatable bonds is 15. The van der Waals surface area contributed by atoms with Crippen LogP contribution in [0.3, 0.4) is 0 Å². The maximum Gasteiger partial charge on any atom is 0.422 e. The van der Waals surface area contributed by atoms with Crippen molar-refractivity contribution in [1.82, 2.24) is 0 Å². The van der Waals surface area contributed by atoms with Crippen molar-refractivity contribution in [2.45, 2.75) is 75.1 Å². The van der Waals surface area contributed by atoms with Gasteiger partial charge in [-0.05, 0) is 65.4 Å². The molecule has 2 aliphatic heterocycles. The average Bonchev–Trinajstić information content (AvgIpc) is 3.56. The van der Waals surface area contributed by atoms with Crippen molar-refractivity contribution in [2.75, 3.05) is 13.2 Å². The van der Waals surface area contributed by atoms with Crippen molar-refractivity contribution < 1.29 is 46.7 Å². The highest BCUT2D eigenvalue weighted by Gasteiger charge is 2.71. The van der Waals surface area contributed by atoms with Gasteiger partial charge in [0.1, 0.15) is 29.7 Å². The van der Waals surface area contributed by atoms with Crippen LogP contribution in [-0.4, -0.2) is 54.5 Å². The van der Waals surface area contributed by atoms with E-state index in [1.54, 1.807) is 25.1 Å². The Hall–Kier alpha value is -4.26. The highest BCUT2D eigenvalue weighted by molar-refractivity contribution is 6.31. The van der Waals surface area contributed by atoms with Crippen LogP contribution in [0.5, 0.6) is 5.75 Å². The molecule has 7 nitrogen and oxygen atoms in total. The van der Waals surface area contributed by atoms with Gasteiger partial charge in [-0.15, -0.1) is 0 Å². The summed E-state index contributed by atoms with van der Waals surface area (Å²) in [4.78, 5) is 0.